The van der Waals surface area contributed by atoms with E-state index in [0.29, 0.717) is 0 Å². The first kappa shape index (κ1) is 25.1. The summed E-state index contributed by atoms with van der Waals surface area (Å²) in [6, 6.07) is 4.59. The van der Waals surface area contributed by atoms with E-state index in [4.69, 9.17) is 9.47 Å². The molecular formula is C20H30N4O7S2. The summed E-state index contributed by atoms with van der Waals surface area (Å²) < 4.78 is 62.5. The van der Waals surface area contributed by atoms with Crippen molar-refractivity contribution in [3.63, 3.8) is 0 Å². The van der Waals surface area contributed by atoms with Crippen molar-refractivity contribution in [2.75, 3.05) is 12.5 Å². The normalized spacial score (nSPS) is 22.1. The van der Waals surface area contributed by atoms with E-state index in [1.54, 1.807) is 47.6 Å². The average molecular weight is 503 g/mol. The van der Waals surface area contributed by atoms with Crippen LogP contribution >= 0.6 is 0 Å². The van der Waals surface area contributed by atoms with Crippen molar-refractivity contribution >= 4 is 31.8 Å². The molecule has 1 aromatic rings. The quantitative estimate of drug-likeness (QED) is 0.665. The molecule has 13 heteroatoms. The predicted molar refractivity (Wildman–Crippen MR) is 123 cm³/mol. The maximum absolute atomic E-state index is 12.3. The Morgan fingerprint density at radius 3 is 1.36 bits per heavy atom. The monoisotopic (exact) mass is 502 g/mol. The highest BCUT2D eigenvalue weighted by atomic mass is 32.2. The lowest BCUT2D eigenvalue weighted by Gasteiger charge is -2.31. The topological polar surface area (TPSA) is 138 Å². The number of benzene rings is 1. The zero-order valence-electron chi connectivity index (χ0n) is 19.9. The molecule has 33 heavy (non-hydrogen) atoms. The van der Waals surface area contributed by atoms with E-state index in [2.05, 4.69) is 10.2 Å². The number of phenols is 1. The lowest BCUT2D eigenvalue weighted by Crippen LogP contribution is -2.42. The summed E-state index contributed by atoms with van der Waals surface area (Å²) in [5, 5.41) is 19.2. The van der Waals surface area contributed by atoms with Gasteiger partial charge in [-0.2, -0.15) is 0 Å². The van der Waals surface area contributed by atoms with Gasteiger partial charge in [-0.15, -0.1) is 19.0 Å². The van der Waals surface area contributed by atoms with E-state index in [9.17, 15) is 21.9 Å². The van der Waals surface area contributed by atoms with Crippen LogP contribution in [-0.2, 0) is 29.5 Å². The predicted octanol–water partition coefficient (Wildman–Crippen LogP) is 2.04. The fraction of sp³-hybridized carbons (Fsp3) is 0.600. The zero-order chi connectivity index (χ0) is 25.1. The minimum atomic E-state index is -3.74. The van der Waals surface area contributed by atoms with Crippen LogP contribution in [0.2, 0.25) is 0 Å². The Balaban J connectivity index is 2.07. The maximum atomic E-state index is 12.3. The molecule has 0 fully saturated rings. The highest BCUT2D eigenvalue weighted by Gasteiger charge is 2.45. The van der Waals surface area contributed by atoms with Crippen molar-refractivity contribution in [3.8, 4) is 5.75 Å². The van der Waals surface area contributed by atoms with Gasteiger partial charge in [-0.05, 0) is 12.1 Å². The van der Waals surface area contributed by atoms with Crippen LogP contribution in [0.4, 0.5) is 0 Å². The Kier molecular flexibility index (Phi) is 5.90. The van der Waals surface area contributed by atoms with E-state index in [-0.39, 0.29) is 28.7 Å². The Labute approximate surface area is 194 Å². The van der Waals surface area contributed by atoms with Gasteiger partial charge in [0.25, 0.3) is 0 Å². The number of nitrogens with zero attached hydrogens (tertiary/aromatic N) is 4. The largest absolute Gasteiger partial charge is 0.506 e. The smallest absolute Gasteiger partial charge is 0.250 e. The summed E-state index contributed by atoms with van der Waals surface area (Å²) in [5.74, 6) is -0.516. The van der Waals surface area contributed by atoms with Crippen LogP contribution in [0.15, 0.2) is 28.4 Å². The number of hydrogen-bond donors (Lipinski definition) is 1. The average Bonchev–Trinajstić information content (AvgIpc) is 3.25. The second-order valence-corrected chi connectivity index (χ2v) is 13.9. The summed E-state index contributed by atoms with van der Waals surface area (Å²) in [7, 11) is -7.49. The Morgan fingerprint density at radius 2 is 1.12 bits per heavy atom. The summed E-state index contributed by atoms with van der Waals surface area (Å²) in [4.78, 5) is 0. The zero-order valence-corrected chi connectivity index (χ0v) is 21.5. The number of hydrogen-bond acceptors (Lipinski definition) is 9. The SMILES string of the molecule is CC(C)(C)C1OC(c2cccc(C3=NN(S(C)(=O)=O)C(C(C)(C)C)O3)c2O)=NN1S(C)(=O)=O. The van der Waals surface area contributed by atoms with Crippen molar-refractivity contribution in [2.24, 2.45) is 21.0 Å². The number of phenolic OH excluding ortho intramolecular Hbond substituents is 1. The van der Waals surface area contributed by atoms with Gasteiger partial charge in [0.05, 0.1) is 23.6 Å². The maximum Gasteiger partial charge on any atom is 0.250 e. The third-order valence-corrected chi connectivity index (χ3v) is 6.79. The van der Waals surface area contributed by atoms with Gasteiger partial charge in [0.1, 0.15) is 5.75 Å². The molecule has 0 amide bonds. The van der Waals surface area contributed by atoms with E-state index in [1.807, 2.05) is 0 Å². The van der Waals surface area contributed by atoms with E-state index in [0.717, 1.165) is 21.3 Å². The van der Waals surface area contributed by atoms with Crippen molar-refractivity contribution in [1.82, 2.24) is 8.83 Å². The van der Waals surface area contributed by atoms with Crippen LogP contribution in [0.3, 0.4) is 0 Å². The summed E-state index contributed by atoms with van der Waals surface area (Å²) >= 11 is 0. The third-order valence-electron chi connectivity index (χ3n) is 4.88. The molecule has 2 aliphatic rings. The molecule has 0 bridgehead atoms. The molecule has 0 saturated heterocycles. The fourth-order valence-electron chi connectivity index (χ4n) is 3.27. The van der Waals surface area contributed by atoms with Crippen LogP contribution in [0.25, 0.3) is 0 Å². The second kappa shape index (κ2) is 7.76. The lowest BCUT2D eigenvalue weighted by atomic mass is 9.94. The summed E-state index contributed by atoms with van der Waals surface area (Å²) in [6.45, 7) is 10.8. The number of para-hydroxylation sites is 1. The molecule has 0 aliphatic carbocycles. The molecule has 0 aromatic heterocycles. The lowest BCUT2D eigenvalue weighted by molar-refractivity contribution is 0.0170. The van der Waals surface area contributed by atoms with Gasteiger partial charge >= 0.3 is 0 Å². The Hall–Kier alpha value is -2.54. The summed E-state index contributed by atoms with van der Waals surface area (Å²) in [6.07, 6.45) is 0.199. The molecule has 11 nitrogen and oxygen atoms in total. The van der Waals surface area contributed by atoms with Gasteiger partial charge in [0.2, 0.25) is 44.3 Å². The van der Waals surface area contributed by atoms with Crippen molar-refractivity contribution in [3.05, 3.63) is 29.3 Å². The highest BCUT2D eigenvalue weighted by Crippen LogP contribution is 2.38. The fourth-order valence-corrected chi connectivity index (χ4v) is 5.13. The van der Waals surface area contributed by atoms with Gasteiger partial charge < -0.3 is 14.6 Å². The van der Waals surface area contributed by atoms with Gasteiger partial charge in [-0.1, -0.05) is 47.6 Å². The van der Waals surface area contributed by atoms with Gasteiger partial charge in [0.15, 0.2) is 0 Å². The minimum Gasteiger partial charge on any atom is -0.506 e. The number of hydrazone groups is 2. The van der Waals surface area contributed by atoms with Gasteiger partial charge in [-0.25, -0.2) is 16.8 Å². The Morgan fingerprint density at radius 1 is 0.788 bits per heavy atom. The summed E-state index contributed by atoms with van der Waals surface area (Å²) in [5.41, 5.74) is -1.000. The first-order valence-corrected chi connectivity index (χ1v) is 13.8. The molecule has 1 N–H and O–H groups in total. The van der Waals surface area contributed by atoms with Crippen LogP contribution < -0.4 is 0 Å². The third kappa shape index (κ3) is 4.88. The van der Waals surface area contributed by atoms with E-state index >= 15 is 0 Å². The van der Waals surface area contributed by atoms with Crippen molar-refractivity contribution in [2.45, 2.75) is 54.0 Å². The molecule has 2 aliphatic heterocycles. The Bertz CT molecular complexity index is 1130. The second-order valence-electron chi connectivity index (χ2n) is 10.3. The number of ether oxygens (including phenoxy) is 2. The number of rotatable bonds is 4. The van der Waals surface area contributed by atoms with Crippen molar-refractivity contribution in [1.29, 1.82) is 0 Å². The molecule has 0 spiro atoms. The van der Waals surface area contributed by atoms with Gasteiger partial charge in [-0.3, -0.25) is 0 Å². The first-order chi connectivity index (χ1) is 14.8. The van der Waals surface area contributed by atoms with Crippen LogP contribution in [0.5, 0.6) is 5.75 Å². The standard InChI is InChI=1S/C20H30N4O7S2/c1-19(2,3)17-23(32(7,26)27)21-15(30-17)12-10-9-11-13(14(12)25)16-22-24(33(8,28)29)18(31-16)20(4,5)6/h9-11,17-18,25H,1-8H3. The van der Waals surface area contributed by atoms with Crippen LogP contribution in [0.1, 0.15) is 52.7 Å². The highest BCUT2D eigenvalue weighted by molar-refractivity contribution is 7.88. The molecule has 1 aromatic carbocycles. The molecular weight excluding hydrogens is 472 g/mol. The van der Waals surface area contributed by atoms with Crippen molar-refractivity contribution < 1.29 is 31.4 Å². The molecule has 2 unspecified atom stereocenters. The van der Waals surface area contributed by atoms with Gasteiger partial charge in [0, 0.05) is 10.8 Å². The molecule has 2 atom stereocenters. The molecule has 0 radical (unpaired) electrons. The van der Waals surface area contributed by atoms with E-state index in [1.165, 1.54) is 12.1 Å². The van der Waals surface area contributed by atoms with Crippen LogP contribution in [0, 0.1) is 10.8 Å². The molecule has 2 heterocycles. The number of sulfonamides is 2. The van der Waals surface area contributed by atoms with E-state index < -0.39 is 43.3 Å². The molecule has 3 rings (SSSR count). The molecule has 184 valence electrons. The minimum absolute atomic E-state index is 0.0920. The molecule has 0 saturated carbocycles. The number of aromatic hydroxyl groups is 1. The van der Waals surface area contributed by atoms with Crippen LogP contribution in [-0.4, -0.2) is 67.5 Å². The first-order valence-electron chi connectivity index (χ1n) is 10.1.